The van der Waals surface area contributed by atoms with E-state index in [1.807, 2.05) is 24.3 Å². The Kier molecular flexibility index (Phi) is 5.39. The topological polar surface area (TPSA) is 48.6 Å². The Bertz CT molecular complexity index is 931. The molecule has 0 atom stereocenters. The molecule has 1 N–H and O–H groups in total. The number of H-pyrrole nitrogens is 1. The van der Waals surface area contributed by atoms with Crippen LogP contribution >= 0.6 is 0 Å². The van der Waals surface area contributed by atoms with Crippen molar-refractivity contribution in [3.05, 3.63) is 71.0 Å². The van der Waals surface area contributed by atoms with Gasteiger partial charge in [0.15, 0.2) is 0 Å². The standard InChI is InChI=1S/C22H25N3O2/c26-22-10-7-18-17-20(8-9-21(18)23-22)27-16-4-11-24-12-14-25(15-13-24)19-5-2-1-3-6-19/h1-3,5-10,17H,4,11-16H2,(H,23,26). The fraction of sp³-hybridized carbons (Fsp3) is 0.318. The molecule has 27 heavy (non-hydrogen) atoms. The van der Waals surface area contributed by atoms with Gasteiger partial charge in [-0.05, 0) is 42.8 Å². The Morgan fingerprint density at radius 2 is 1.74 bits per heavy atom. The Balaban J connectivity index is 1.21. The predicted molar refractivity (Wildman–Crippen MR) is 110 cm³/mol. The average molecular weight is 363 g/mol. The molecular formula is C22H25N3O2. The fourth-order valence-electron chi connectivity index (χ4n) is 3.57. The molecule has 4 rings (SSSR count). The molecule has 1 aliphatic heterocycles. The highest BCUT2D eigenvalue weighted by atomic mass is 16.5. The van der Waals surface area contributed by atoms with Crippen LogP contribution in [0.5, 0.6) is 5.75 Å². The number of nitrogens with one attached hydrogen (secondary N) is 1. The van der Waals surface area contributed by atoms with Crippen LogP contribution in [0.15, 0.2) is 65.5 Å². The summed E-state index contributed by atoms with van der Waals surface area (Å²) in [6.45, 7) is 6.11. The summed E-state index contributed by atoms with van der Waals surface area (Å²) in [7, 11) is 0. The summed E-state index contributed by atoms with van der Waals surface area (Å²) in [6, 6.07) is 19.8. The number of para-hydroxylation sites is 1. The minimum atomic E-state index is -0.0801. The smallest absolute Gasteiger partial charge is 0.248 e. The van der Waals surface area contributed by atoms with E-state index >= 15 is 0 Å². The van der Waals surface area contributed by atoms with E-state index in [0.717, 1.165) is 55.8 Å². The number of aromatic nitrogens is 1. The summed E-state index contributed by atoms with van der Waals surface area (Å²) < 4.78 is 5.90. The Morgan fingerprint density at radius 3 is 2.56 bits per heavy atom. The van der Waals surface area contributed by atoms with Crippen LogP contribution in [0.4, 0.5) is 5.69 Å². The molecule has 1 fully saturated rings. The number of nitrogens with zero attached hydrogens (tertiary/aromatic N) is 2. The van der Waals surface area contributed by atoms with Crippen LogP contribution in [0.3, 0.4) is 0 Å². The first-order valence-electron chi connectivity index (χ1n) is 9.56. The van der Waals surface area contributed by atoms with Gasteiger partial charge in [-0.2, -0.15) is 0 Å². The molecule has 2 heterocycles. The van der Waals surface area contributed by atoms with Crippen LogP contribution in [-0.2, 0) is 0 Å². The van der Waals surface area contributed by atoms with E-state index in [4.69, 9.17) is 4.74 Å². The van der Waals surface area contributed by atoms with Crippen molar-refractivity contribution in [2.24, 2.45) is 0 Å². The van der Waals surface area contributed by atoms with Crippen molar-refractivity contribution < 1.29 is 4.74 Å². The van der Waals surface area contributed by atoms with Crippen molar-refractivity contribution >= 4 is 16.6 Å². The lowest BCUT2D eigenvalue weighted by Crippen LogP contribution is -2.46. The lowest BCUT2D eigenvalue weighted by atomic mass is 10.2. The van der Waals surface area contributed by atoms with Gasteiger partial charge in [0.05, 0.1) is 6.61 Å². The number of hydrogen-bond donors (Lipinski definition) is 1. The molecule has 0 spiro atoms. The number of pyridine rings is 1. The number of anilines is 1. The molecule has 5 nitrogen and oxygen atoms in total. The quantitative estimate of drug-likeness (QED) is 0.684. The zero-order valence-electron chi connectivity index (χ0n) is 15.4. The van der Waals surface area contributed by atoms with Gasteiger partial charge in [0.25, 0.3) is 0 Å². The highest BCUT2D eigenvalue weighted by molar-refractivity contribution is 5.79. The van der Waals surface area contributed by atoms with Gasteiger partial charge < -0.3 is 14.6 Å². The lowest BCUT2D eigenvalue weighted by Gasteiger charge is -2.36. The van der Waals surface area contributed by atoms with Gasteiger partial charge in [-0.1, -0.05) is 18.2 Å². The second-order valence-corrected chi connectivity index (χ2v) is 6.94. The van der Waals surface area contributed by atoms with E-state index in [1.54, 1.807) is 6.07 Å². The van der Waals surface area contributed by atoms with Crippen molar-refractivity contribution in [1.29, 1.82) is 0 Å². The van der Waals surface area contributed by atoms with E-state index in [-0.39, 0.29) is 5.56 Å². The molecule has 2 aromatic carbocycles. The van der Waals surface area contributed by atoms with Crippen LogP contribution < -0.4 is 15.2 Å². The molecule has 0 amide bonds. The third-order valence-electron chi connectivity index (χ3n) is 5.08. The normalized spacial score (nSPS) is 15.2. The Labute approximate surface area is 159 Å². The fourth-order valence-corrected chi connectivity index (χ4v) is 3.57. The molecule has 140 valence electrons. The summed E-state index contributed by atoms with van der Waals surface area (Å²) in [5.41, 5.74) is 2.08. The molecule has 0 unspecified atom stereocenters. The summed E-state index contributed by atoms with van der Waals surface area (Å²) in [5.74, 6) is 0.850. The third kappa shape index (κ3) is 4.49. The maximum atomic E-state index is 11.3. The Hall–Kier alpha value is -2.79. The van der Waals surface area contributed by atoms with Crippen molar-refractivity contribution in [3.8, 4) is 5.75 Å². The largest absolute Gasteiger partial charge is 0.494 e. The first-order valence-corrected chi connectivity index (χ1v) is 9.56. The van der Waals surface area contributed by atoms with Gasteiger partial charge in [-0.3, -0.25) is 9.69 Å². The maximum absolute atomic E-state index is 11.3. The van der Waals surface area contributed by atoms with E-state index in [2.05, 4.69) is 45.1 Å². The number of ether oxygens (including phenoxy) is 1. The molecule has 0 bridgehead atoms. The zero-order chi connectivity index (χ0) is 18.5. The van der Waals surface area contributed by atoms with Crippen molar-refractivity contribution in [1.82, 2.24) is 9.88 Å². The van der Waals surface area contributed by atoms with Gasteiger partial charge >= 0.3 is 0 Å². The van der Waals surface area contributed by atoms with Gasteiger partial charge in [0.2, 0.25) is 5.56 Å². The summed E-state index contributed by atoms with van der Waals surface area (Å²) in [5, 5.41) is 0.990. The van der Waals surface area contributed by atoms with Crippen LogP contribution in [0.25, 0.3) is 10.9 Å². The first-order chi connectivity index (χ1) is 13.3. The van der Waals surface area contributed by atoms with E-state index in [9.17, 15) is 4.79 Å². The predicted octanol–water partition coefficient (Wildman–Crippen LogP) is 3.12. The van der Waals surface area contributed by atoms with Gasteiger partial charge in [-0.15, -0.1) is 0 Å². The summed E-state index contributed by atoms with van der Waals surface area (Å²) >= 11 is 0. The van der Waals surface area contributed by atoms with Crippen molar-refractivity contribution in [2.75, 3.05) is 44.2 Å². The SMILES string of the molecule is O=c1ccc2cc(OCCCN3CCN(c4ccccc4)CC3)ccc2[nH]1. The maximum Gasteiger partial charge on any atom is 0.248 e. The summed E-state index contributed by atoms with van der Waals surface area (Å²) in [4.78, 5) is 19.1. The molecule has 5 heteroatoms. The highest BCUT2D eigenvalue weighted by Gasteiger charge is 2.16. The van der Waals surface area contributed by atoms with Crippen molar-refractivity contribution in [3.63, 3.8) is 0 Å². The number of hydrogen-bond acceptors (Lipinski definition) is 4. The molecule has 0 radical (unpaired) electrons. The average Bonchev–Trinajstić information content (AvgIpc) is 2.72. The van der Waals surface area contributed by atoms with Crippen LogP contribution in [0.2, 0.25) is 0 Å². The van der Waals surface area contributed by atoms with Gasteiger partial charge in [-0.25, -0.2) is 0 Å². The second-order valence-electron chi connectivity index (χ2n) is 6.94. The molecule has 0 saturated carbocycles. The number of piperazine rings is 1. The molecule has 1 aliphatic rings. The monoisotopic (exact) mass is 363 g/mol. The minimum absolute atomic E-state index is 0.0801. The first kappa shape index (κ1) is 17.6. The van der Waals surface area contributed by atoms with Gasteiger partial charge in [0, 0.05) is 55.4 Å². The van der Waals surface area contributed by atoms with Crippen LogP contribution in [0.1, 0.15) is 6.42 Å². The van der Waals surface area contributed by atoms with Crippen LogP contribution in [0, 0.1) is 0 Å². The van der Waals surface area contributed by atoms with Crippen molar-refractivity contribution in [2.45, 2.75) is 6.42 Å². The van der Waals surface area contributed by atoms with Gasteiger partial charge in [0.1, 0.15) is 5.75 Å². The minimum Gasteiger partial charge on any atom is -0.494 e. The van der Waals surface area contributed by atoms with E-state index in [0.29, 0.717) is 6.61 Å². The van der Waals surface area contributed by atoms with Crippen LogP contribution in [-0.4, -0.2) is 49.2 Å². The number of fused-ring (bicyclic) bond motifs is 1. The molecule has 1 saturated heterocycles. The lowest BCUT2D eigenvalue weighted by molar-refractivity contribution is 0.225. The highest BCUT2D eigenvalue weighted by Crippen LogP contribution is 2.19. The molecule has 3 aromatic rings. The summed E-state index contributed by atoms with van der Waals surface area (Å²) in [6.07, 6.45) is 1.01. The second kappa shape index (κ2) is 8.27. The number of aromatic amines is 1. The molecule has 0 aliphatic carbocycles. The molecular weight excluding hydrogens is 338 g/mol. The number of benzene rings is 2. The zero-order valence-corrected chi connectivity index (χ0v) is 15.4. The third-order valence-corrected chi connectivity index (χ3v) is 5.08. The Morgan fingerprint density at radius 1 is 0.926 bits per heavy atom. The molecule has 1 aromatic heterocycles. The van der Waals surface area contributed by atoms with E-state index < -0.39 is 0 Å². The number of rotatable bonds is 6. The van der Waals surface area contributed by atoms with E-state index in [1.165, 1.54) is 5.69 Å².